The number of rotatable bonds is 9. The maximum Gasteiger partial charge on any atom is 0.283 e. The summed E-state index contributed by atoms with van der Waals surface area (Å²) in [6.45, 7) is 2.47. The second-order valence-corrected chi connectivity index (χ2v) is 11.0. The number of thioether (sulfide) groups is 1. The highest BCUT2D eigenvalue weighted by atomic mass is 32.3. The Balaban J connectivity index is 1.32. The summed E-state index contributed by atoms with van der Waals surface area (Å²) in [5.74, 6) is 1.20. The van der Waals surface area contributed by atoms with Gasteiger partial charge in [-0.3, -0.25) is 10.2 Å². The number of amides is 1. The predicted octanol–water partition coefficient (Wildman–Crippen LogP) is 3.55. The van der Waals surface area contributed by atoms with Crippen molar-refractivity contribution in [3.05, 3.63) is 59.7 Å². The minimum absolute atomic E-state index is 0.0163. The normalized spacial score (nSPS) is 16.5. The Kier molecular flexibility index (Phi) is 7.75. The van der Waals surface area contributed by atoms with E-state index in [1.54, 1.807) is 31.4 Å². The molecule has 36 heavy (non-hydrogen) atoms. The van der Waals surface area contributed by atoms with Gasteiger partial charge < -0.3 is 14.2 Å². The molecule has 2 heterocycles. The second kappa shape index (κ2) is 11.0. The van der Waals surface area contributed by atoms with Gasteiger partial charge in [-0.2, -0.15) is 10.0 Å². The molecule has 2 aliphatic rings. The molecule has 188 valence electrons. The molecular weight excluding hydrogens is 504 g/mol. The summed E-state index contributed by atoms with van der Waals surface area (Å²) in [5.41, 5.74) is 0.678. The van der Waals surface area contributed by atoms with Crippen LogP contribution in [0.1, 0.15) is 18.9 Å². The number of ether oxygens (including phenoxy) is 3. The van der Waals surface area contributed by atoms with Gasteiger partial charge in [0, 0.05) is 6.42 Å². The molecule has 0 bridgehead atoms. The molecule has 2 aromatic carbocycles. The van der Waals surface area contributed by atoms with Gasteiger partial charge >= 0.3 is 0 Å². The average Bonchev–Trinajstić information content (AvgIpc) is 3.33. The van der Waals surface area contributed by atoms with Crippen LogP contribution in [0.2, 0.25) is 0 Å². The maximum atomic E-state index is 12.5. The molecule has 0 radical (unpaired) electrons. The Labute approximate surface area is 213 Å². The van der Waals surface area contributed by atoms with Crippen molar-refractivity contribution in [1.82, 2.24) is 5.01 Å². The molecule has 4 rings (SSSR count). The van der Waals surface area contributed by atoms with Crippen LogP contribution in [0.4, 0.5) is 0 Å². The molecule has 0 spiro atoms. The van der Waals surface area contributed by atoms with E-state index in [4.69, 9.17) is 19.6 Å². The lowest BCUT2D eigenvalue weighted by Crippen LogP contribution is -2.35. The number of benzene rings is 2. The minimum atomic E-state index is -3.57. The van der Waals surface area contributed by atoms with Crippen molar-refractivity contribution in [3.63, 3.8) is 0 Å². The van der Waals surface area contributed by atoms with E-state index in [1.807, 2.05) is 24.3 Å². The monoisotopic (exact) mass is 528 g/mol. The highest BCUT2D eigenvalue weighted by molar-refractivity contribution is 8.42. The highest BCUT2D eigenvalue weighted by Crippen LogP contribution is 2.30. The molecule has 0 fully saturated rings. The van der Waals surface area contributed by atoms with E-state index in [9.17, 15) is 13.2 Å². The third kappa shape index (κ3) is 5.77. The third-order valence-corrected chi connectivity index (χ3v) is 8.25. The Morgan fingerprint density at radius 3 is 2.17 bits per heavy atom. The number of sulfone groups is 1. The Morgan fingerprint density at radius 1 is 1.00 bits per heavy atom. The van der Waals surface area contributed by atoms with Gasteiger partial charge in [-0.25, -0.2) is 8.42 Å². The summed E-state index contributed by atoms with van der Waals surface area (Å²) in [5, 5.41) is 13.5. The van der Waals surface area contributed by atoms with Crippen LogP contribution in [-0.2, 0) is 14.6 Å². The number of carbonyl (C=O) groups excluding carboxylic acids is 1. The lowest BCUT2D eigenvalue weighted by molar-refractivity contribution is -0.114. The minimum Gasteiger partial charge on any atom is -0.497 e. The molecule has 1 N–H and O–H groups in total. The molecule has 2 aliphatic heterocycles. The largest absolute Gasteiger partial charge is 0.497 e. The lowest BCUT2D eigenvalue weighted by atomic mass is 10.1. The number of hydrogen-bond donors (Lipinski definition) is 1. The predicted molar refractivity (Wildman–Crippen MR) is 140 cm³/mol. The first kappa shape index (κ1) is 25.5. The molecule has 0 aliphatic carbocycles. The van der Waals surface area contributed by atoms with E-state index >= 15 is 0 Å². The zero-order valence-electron chi connectivity index (χ0n) is 19.6. The number of hydrazone groups is 1. The number of aliphatic imine (C=N–C) groups is 1. The van der Waals surface area contributed by atoms with Crippen LogP contribution in [0.3, 0.4) is 0 Å². The van der Waals surface area contributed by atoms with Gasteiger partial charge in [-0.15, -0.1) is 5.10 Å². The number of nitrogens with one attached hydrogen (secondary N) is 1. The molecular formula is C24H24N4O6S2. The summed E-state index contributed by atoms with van der Waals surface area (Å²) >= 11 is 0.774. The second-order valence-electron chi connectivity index (χ2n) is 7.58. The van der Waals surface area contributed by atoms with Crippen LogP contribution in [0.25, 0.3) is 6.08 Å². The van der Waals surface area contributed by atoms with E-state index in [2.05, 4.69) is 10.1 Å². The van der Waals surface area contributed by atoms with E-state index in [-0.39, 0.29) is 26.7 Å². The molecule has 0 saturated heterocycles. The van der Waals surface area contributed by atoms with Gasteiger partial charge in [0.25, 0.3) is 5.91 Å². The molecule has 0 atom stereocenters. The van der Waals surface area contributed by atoms with Crippen molar-refractivity contribution >= 4 is 49.0 Å². The van der Waals surface area contributed by atoms with Gasteiger partial charge in [0.05, 0.1) is 31.6 Å². The number of nitrogens with zero attached hydrogens (tertiary/aromatic N) is 3. The molecule has 1 amide bonds. The molecule has 2 aromatic rings. The van der Waals surface area contributed by atoms with Crippen LogP contribution in [-0.4, -0.2) is 60.8 Å². The van der Waals surface area contributed by atoms with Gasteiger partial charge in [-0.1, -0.05) is 19.1 Å². The standard InChI is InChI=1S/C24H24N4O6S2/c1-3-36(30,31)24-27-28-21(25)20(22(29)26-23(28)35-24)15-16-5-7-18(8-6-16)33-13-4-14-34-19-11-9-17(32-2)10-12-19/h5-12,15,25H,3-4,13-14H2,1-2H3/b20-15+,25-21?. The van der Waals surface area contributed by atoms with Crippen molar-refractivity contribution in [3.8, 4) is 17.2 Å². The summed E-state index contributed by atoms with van der Waals surface area (Å²) in [7, 11) is -1.96. The van der Waals surface area contributed by atoms with Crippen LogP contribution < -0.4 is 14.2 Å². The zero-order valence-corrected chi connectivity index (χ0v) is 21.3. The fourth-order valence-electron chi connectivity index (χ4n) is 3.16. The maximum absolute atomic E-state index is 12.5. The van der Waals surface area contributed by atoms with E-state index < -0.39 is 15.7 Å². The van der Waals surface area contributed by atoms with E-state index in [0.717, 1.165) is 28.3 Å². The van der Waals surface area contributed by atoms with Crippen molar-refractivity contribution in [2.75, 3.05) is 26.1 Å². The first-order chi connectivity index (χ1) is 17.3. The average molecular weight is 529 g/mol. The Hall–Kier alpha value is -3.64. The first-order valence-electron chi connectivity index (χ1n) is 11.0. The van der Waals surface area contributed by atoms with Gasteiger partial charge in [0.2, 0.25) is 19.4 Å². The zero-order chi connectivity index (χ0) is 25.7. The summed E-state index contributed by atoms with van der Waals surface area (Å²) in [6, 6.07) is 14.4. The number of carbonyl (C=O) groups is 1. The topological polar surface area (TPSA) is 131 Å². The fourth-order valence-corrected chi connectivity index (χ4v) is 5.33. The van der Waals surface area contributed by atoms with Gasteiger partial charge in [-0.05, 0) is 59.8 Å². The molecule has 12 heteroatoms. The summed E-state index contributed by atoms with van der Waals surface area (Å²) in [4.78, 5) is 16.4. The van der Waals surface area contributed by atoms with Gasteiger partial charge in [0.1, 0.15) is 17.2 Å². The summed E-state index contributed by atoms with van der Waals surface area (Å²) in [6.07, 6.45) is 2.21. The number of methoxy groups -OCH3 is 1. The Bertz CT molecular complexity index is 1350. The number of fused-ring (bicyclic) bond motifs is 1. The fraction of sp³-hybridized carbons (Fsp3) is 0.250. The SMILES string of the molecule is CCS(=O)(=O)C1=NN2C(=N)/C(=C\c3ccc(OCCCOc4ccc(OC)cc4)cc3)C(=O)N=C2S1. The van der Waals surface area contributed by atoms with Crippen molar-refractivity contribution in [2.24, 2.45) is 10.1 Å². The van der Waals surface area contributed by atoms with E-state index in [0.29, 0.717) is 30.9 Å². The van der Waals surface area contributed by atoms with Crippen molar-refractivity contribution in [1.29, 1.82) is 5.41 Å². The molecule has 0 saturated carbocycles. The van der Waals surface area contributed by atoms with Crippen LogP contribution in [0.5, 0.6) is 17.2 Å². The highest BCUT2D eigenvalue weighted by Gasteiger charge is 2.39. The van der Waals surface area contributed by atoms with Crippen LogP contribution in [0.15, 0.2) is 64.2 Å². The van der Waals surface area contributed by atoms with Gasteiger partial charge in [0.15, 0.2) is 5.84 Å². The molecule has 0 aromatic heterocycles. The van der Waals surface area contributed by atoms with Crippen LogP contribution in [0, 0.1) is 5.41 Å². The van der Waals surface area contributed by atoms with Crippen molar-refractivity contribution < 1.29 is 27.4 Å². The van der Waals surface area contributed by atoms with Crippen molar-refractivity contribution in [2.45, 2.75) is 13.3 Å². The quantitative estimate of drug-likeness (QED) is 0.386. The molecule has 0 unspecified atom stereocenters. The Morgan fingerprint density at radius 2 is 1.58 bits per heavy atom. The number of hydrogen-bond acceptors (Lipinski definition) is 9. The van der Waals surface area contributed by atoms with Crippen LogP contribution >= 0.6 is 11.8 Å². The smallest absolute Gasteiger partial charge is 0.283 e. The number of amidine groups is 2. The lowest BCUT2D eigenvalue weighted by Gasteiger charge is -2.20. The first-order valence-corrected chi connectivity index (χ1v) is 13.5. The van der Waals surface area contributed by atoms with E-state index in [1.165, 1.54) is 13.0 Å². The summed E-state index contributed by atoms with van der Waals surface area (Å²) < 4.78 is 40.6. The molecule has 10 nitrogen and oxygen atoms in total. The third-order valence-electron chi connectivity index (χ3n) is 5.16.